The van der Waals surface area contributed by atoms with Gasteiger partial charge in [0.25, 0.3) is 0 Å². The molecule has 2 aromatic rings. The van der Waals surface area contributed by atoms with E-state index in [2.05, 4.69) is 4.98 Å². The topological polar surface area (TPSA) is 76.2 Å². The Labute approximate surface area is 123 Å². The predicted octanol–water partition coefficient (Wildman–Crippen LogP) is 3.99. The van der Waals surface area contributed by atoms with Crippen molar-refractivity contribution in [2.75, 3.05) is 5.73 Å². The molecule has 0 radical (unpaired) electrons. The van der Waals surface area contributed by atoms with Crippen LogP contribution in [0.2, 0.25) is 15.1 Å². The number of anilines is 1. The quantitative estimate of drug-likeness (QED) is 0.821. The highest BCUT2D eigenvalue weighted by atomic mass is 35.5. The van der Waals surface area contributed by atoms with Gasteiger partial charge in [0.15, 0.2) is 0 Å². The molecule has 0 spiro atoms. The van der Waals surface area contributed by atoms with E-state index in [4.69, 9.17) is 45.6 Å². The Bertz CT molecular complexity index is 674. The molecule has 0 aliphatic rings. The second-order valence-electron chi connectivity index (χ2n) is 3.68. The van der Waals surface area contributed by atoms with Gasteiger partial charge in [0.05, 0.1) is 15.1 Å². The van der Waals surface area contributed by atoms with Crippen LogP contribution in [0.3, 0.4) is 0 Å². The number of pyridine rings is 1. The minimum Gasteiger partial charge on any atom is -0.478 e. The number of hydrogen-bond acceptors (Lipinski definition) is 3. The molecule has 0 amide bonds. The molecule has 0 fully saturated rings. The van der Waals surface area contributed by atoms with E-state index in [1.807, 2.05) is 0 Å². The average Bonchev–Trinajstić information content (AvgIpc) is 2.37. The van der Waals surface area contributed by atoms with Crippen molar-refractivity contribution in [3.63, 3.8) is 0 Å². The lowest BCUT2D eigenvalue weighted by Crippen LogP contribution is -2.04. The molecule has 19 heavy (non-hydrogen) atoms. The van der Waals surface area contributed by atoms with Crippen LogP contribution in [0.5, 0.6) is 0 Å². The third-order valence-electron chi connectivity index (χ3n) is 2.50. The number of carboxylic acids is 1. The number of hydrogen-bond donors (Lipinski definition) is 2. The van der Waals surface area contributed by atoms with Crippen molar-refractivity contribution in [3.05, 3.63) is 45.0 Å². The lowest BCUT2D eigenvalue weighted by molar-refractivity contribution is 0.0698. The maximum absolute atomic E-state index is 11.0. The number of carboxylic acid groups (broad SMARTS) is 1. The van der Waals surface area contributed by atoms with E-state index < -0.39 is 5.97 Å². The molecule has 1 aromatic carbocycles. The summed E-state index contributed by atoms with van der Waals surface area (Å²) >= 11 is 17.9. The molecule has 0 aliphatic heterocycles. The summed E-state index contributed by atoms with van der Waals surface area (Å²) in [6, 6.07) is 4.59. The first kappa shape index (κ1) is 13.9. The van der Waals surface area contributed by atoms with Gasteiger partial charge in [-0.3, -0.25) is 0 Å². The van der Waals surface area contributed by atoms with Gasteiger partial charge >= 0.3 is 5.97 Å². The molecule has 0 bridgehead atoms. The Hall–Kier alpha value is -1.49. The number of nitrogens with two attached hydrogens (primary N) is 1. The van der Waals surface area contributed by atoms with E-state index in [0.717, 1.165) is 0 Å². The van der Waals surface area contributed by atoms with Crippen molar-refractivity contribution >= 4 is 46.6 Å². The van der Waals surface area contributed by atoms with Crippen molar-refractivity contribution in [2.24, 2.45) is 0 Å². The first-order valence-electron chi connectivity index (χ1n) is 5.04. The molecule has 2 rings (SSSR count). The Balaban J connectivity index is 2.63. The van der Waals surface area contributed by atoms with Crippen molar-refractivity contribution in [2.45, 2.75) is 0 Å². The Morgan fingerprint density at radius 2 is 1.89 bits per heavy atom. The van der Waals surface area contributed by atoms with Crippen molar-refractivity contribution < 1.29 is 9.90 Å². The van der Waals surface area contributed by atoms with Gasteiger partial charge in [0.1, 0.15) is 11.4 Å². The predicted molar refractivity (Wildman–Crippen MR) is 76.1 cm³/mol. The van der Waals surface area contributed by atoms with Gasteiger partial charge in [-0.2, -0.15) is 0 Å². The minimum atomic E-state index is -1.16. The normalized spacial score (nSPS) is 10.5. The number of aromatic nitrogens is 1. The molecule has 4 nitrogen and oxygen atoms in total. The van der Waals surface area contributed by atoms with E-state index in [0.29, 0.717) is 16.1 Å². The van der Waals surface area contributed by atoms with Crippen LogP contribution in [-0.4, -0.2) is 16.1 Å². The maximum atomic E-state index is 11.0. The fraction of sp³-hybridized carbons (Fsp3) is 0. The Morgan fingerprint density at radius 3 is 2.53 bits per heavy atom. The smallest absolute Gasteiger partial charge is 0.339 e. The number of rotatable bonds is 2. The standard InChI is InChI=1S/C12H7Cl3N2O2/c13-8-2-1-6(9(14)10(8)15)5-3-7(12(18)19)11(16)17-4-5/h1-4H,(H2,16,17)(H,18,19). The van der Waals surface area contributed by atoms with Crippen LogP contribution >= 0.6 is 34.8 Å². The molecule has 7 heteroatoms. The molecule has 3 N–H and O–H groups in total. The van der Waals surface area contributed by atoms with Crippen molar-refractivity contribution in [1.82, 2.24) is 4.98 Å². The van der Waals surface area contributed by atoms with Crippen LogP contribution in [0.4, 0.5) is 5.82 Å². The SMILES string of the molecule is Nc1ncc(-c2ccc(Cl)c(Cl)c2Cl)cc1C(=O)O. The molecular formula is C12H7Cl3N2O2. The van der Waals surface area contributed by atoms with Crippen LogP contribution in [0.25, 0.3) is 11.1 Å². The van der Waals surface area contributed by atoms with Crippen LogP contribution in [-0.2, 0) is 0 Å². The molecule has 1 aromatic heterocycles. The van der Waals surface area contributed by atoms with Gasteiger partial charge in [0.2, 0.25) is 0 Å². The second kappa shape index (κ2) is 5.25. The van der Waals surface area contributed by atoms with Crippen molar-refractivity contribution in [1.29, 1.82) is 0 Å². The fourth-order valence-corrected chi connectivity index (χ4v) is 2.19. The molecule has 0 atom stereocenters. The summed E-state index contributed by atoms with van der Waals surface area (Å²) in [5.74, 6) is -1.23. The second-order valence-corrected chi connectivity index (χ2v) is 4.85. The van der Waals surface area contributed by atoms with Gasteiger partial charge < -0.3 is 10.8 Å². The van der Waals surface area contributed by atoms with Gasteiger partial charge in [-0.05, 0) is 12.1 Å². The molecule has 1 heterocycles. The molecular weight excluding hydrogens is 311 g/mol. The van der Waals surface area contributed by atoms with E-state index in [1.165, 1.54) is 12.3 Å². The molecule has 0 saturated heterocycles. The number of aromatic carboxylic acids is 1. The van der Waals surface area contributed by atoms with E-state index in [1.54, 1.807) is 12.1 Å². The Kier molecular flexibility index (Phi) is 3.85. The van der Waals surface area contributed by atoms with Gasteiger partial charge in [-0.1, -0.05) is 40.9 Å². The van der Waals surface area contributed by atoms with E-state index >= 15 is 0 Å². The van der Waals surface area contributed by atoms with Crippen LogP contribution < -0.4 is 5.73 Å². The van der Waals surface area contributed by atoms with E-state index in [-0.39, 0.29) is 21.4 Å². The van der Waals surface area contributed by atoms with E-state index in [9.17, 15) is 4.79 Å². The van der Waals surface area contributed by atoms with Crippen LogP contribution in [0.15, 0.2) is 24.4 Å². The summed E-state index contributed by atoms with van der Waals surface area (Å²) in [5, 5.41) is 9.76. The monoisotopic (exact) mass is 316 g/mol. The van der Waals surface area contributed by atoms with Gasteiger partial charge in [0, 0.05) is 17.3 Å². The first-order chi connectivity index (χ1) is 8.91. The van der Waals surface area contributed by atoms with Gasteiger partial charge in [-0.15, -0.1) is 0 Å². The zero-order chi connectivity index (χ0) is 14.2. The summed E-state index contributed by atoms with van der Waals surface area (Å²) in [7, 11) is 0. The highest BCUT2D eigenvalue weighted by molar-refractivity contribution is 6.49. The number of nitrogen functional groups attached to an aromatic ring is 1. The summed E-state index contributed by atoms with van der Waals surface area (Å²) in [5.41, 5.74) is 6.42. The number of carbonyl (C=O) groups is 1. The highest BCUT2D eigenvalue weighted by Crippen LogP contribution is 2.38. The molecule has 0 aliphatic carbocycles. The third-order valence-corrected chi connectivity index (χ3v) is 3.79. The summed E-state index contributed by atoms with van der Waals surface area (Å²) < 4.78 is 0. The van der Waals surface area contributed by atoms with Gasteiger partial charge in [-0.25, -0.2) is 9.78 Å². The first-order valence-corrected chi connectivity index (χ1v) is 6.18. The van der Waals surface area contributed by atoms with Crippen LogP contribution in [0.1, 0.15) is 10.4 Å². The number of nitrogens with zero attached hydrogens (tertiary/aromatic N) is 1. The summed E-state index contributed by atoms with van der Waals surface area (Å²) in [4.78, 5) is 14.8. The molecule has 0 unspecified atom stereocenters. The Morgan fingerprint density at radius 1 is 1.21 bits per heavy atom. The molecule has 0 saturated carbocycles. The largest absolute Gasteiger partial charge is 0.478 e. The lowest BCUT2D eigenvalue weighted by atomic mass is 10.1. The fourth-order valence-electron chi connectivity index (χ4n) is 1.54. The zero-order valence-corrected chi connectivity index (χ0v) is 11.6. The zero-order valence-electron chi connectivity index (χ0n) is 9.32. The number of benzene rings is 1. The molecule has 98 valence electrons. The number of halogens is 3. The average molecular weight is 318 g/mol. The summed E-state index contributed by atoms with van der Waals surface area (Å²) in [6.45, 7) is 0. The highest BCUT2D eigenvalue weighted by Gasteiger charge is 2.15. The lowest BCUT2D eigenvalue weighted by Gasteiger charge is -2.09. The van der Waals surface area contributed by atoms with Crippen LogP contribution in [0, 0.1) is 0 Å². The third kappa shape index (κ3) is 2.61. The van der Waals surface area contributed by atoms with Crippen molar-refractivity contribution in [3.8, 4) is 11.1 Å². The minimum absolute atomic E-state index is 0.0626. The maximum Gasteiger partial charge on any atom is 0.339 e. The summed E-state index contributed by atoms with van der Waals surface area (Å²) in [6.07, 6.45) is 1.42.